The number of benzene rings is 1. The van der Waals surface area contributed by atoms with Gasteiger partial charge in [-0.15, -0.1) is 0 Å². The van der Waals surface area contributed by atoms with Gasteiger partial charge < -0.3 is 15.4 Å². The number of methoxy groups -OCH3 is 1. The molecule has 118 valence electrons. The number of nitrogens with one attached hydrogen (secondary N) is 2. The van der Waals surface area contributed by atoms with Gasteiger partial charge >= 0.3 is 5.97 Å². The number of carbonyl (C=O) groups excluding carboxylic acids is 2. The molecule has 0 aliphatic heterocycles. The first-order valence-electron chi connectivity index (χ1n) is 7.38. The highest BCUT2D eigenvalue weighted by molar-refractivity contribution is 6.03. The van der Waals surface area contributed by atoms with Crippen LogP contribution in [-0.4, -0.2) is 30.0 Å². The second kappa shape index (κ2) is 6.48. The summed E-state index contributed by atoms with van der Waals surface area (Å²) in [7, 11) is 1.31. The summed E-state index contributed by atoms with van der Waals surface area (Å²) in [5.74, 6) is -0.778. The fourth-order valence-electron chi connectivity index (χ4n) is 2.11. The zero-order valence-corrected chi connectivity index (χ0v) is 12.7. The number of ether oxygens (including phenoxy) is 1. The van der Waals surface area contributed by atoms with E-state index in [0.29, 0.717) is 23.0 Å². The van der Waals surface area contributed by atoms with E-state index in [2.05, 4.69) is 20.4 Å². The van der Waals surface area contributed by atoms with Crippen LogP contribution < -0.4 is 10.6 Å². The summed E-state index contributed by atoms with van der Waals surface area (Å²) in [6, 6.07) is 10.6. The number of carbonyl (C=O) groups is 2. The summed E-state index contributed by atoms with van der Waals surface area (Å²) in [5, 5.41) is 6.03. The standard InChI is InChI=1S/C17H17N3O3/c1-23-17(22)11-3-2-4-13(9-11)20-16(21)15-8-7-14(10-18-15)19-12-5-6-12/h2-4,7-10,12,19H,5-6H2,1H3,(H,20,21). The van der Waals surface area contributed by atoms with Crippen LogP contribution in [0.1, 0.15) is 33.7 Å². The van der Waals surface area contributed by atoms with Gasteiger partial charge in [0.05, 0.1) is 24.6 Å². The first-order valence-corrected chi connectivity index (χ1v) is 7.38. The lowest BCUT2D eigenvalue weighted by atomic mass is 10.2. The summed E-state index contributed by atoms with van der Waals surface area (Å²) >= 11 is 0. The summed E-state index contributed by atoms with van der Waals surface area (Å²) in [6.07, 6.45) is 4.01. The summed E-state index contributed by atoms with van der Waals surface area (Å²) < 4.78 is 4.66. The highest BCUT2D eigenvalue weighted by Crippen LogP contribution is 2.24. The Kier molecular flexibility index (Phi) is 4.23. The fourth-order valence-corrected chi connectivity index (χ4v) is 2.11. The van der Waals surface area contributed by atoms with Gasteiger partial charge in [-0.2, -0.15) is 0 Å². The average molecular weight is 311 g/mol. The van der Waals surface area contributed by atoms with Crippen LogP contribution in [0.15, 0.2) is 42.6 Å². The lowest BCUT2D eigenvalue weighted by Gasteiger charge is -2.07. The quantitative estimate of drug-likeness (QED) is 0.830. The van der Waals surface area contributed by atoms with Crippen LogP contribution in [0, 0.1) is 0 Å². The second-order valence-corrected chi connectivity index (χ2v) is 5.38. The number of hydrogen-bond donors (Lipinski definition) is 2. The van der Waals surface area contributed by atoms with Crippen molar-refractivity contribution in [1.29, 1.82) is 0 Å². The molecule has 2 aromatic rings. The van der Waals surface area contributed by atoms with E-state index in [1.54, 1.807) is 36.5 Å². The summed E-state index contributed by atoms with van der Waals surface area (Å²) in [5.41, 5.74) is 2.12. The van der Waals surface area contributed by atoms with Gasteiger partial charge in [0.25, 0.3) is 5.91 Å². The number of esters is 1. The van der Waals surface area contributed by atoms with Crippen molar-refractivity contribution in [2.75, 3.05) is 17.7 Å². The molecule has 0 radical (unpaired) electrons. The molecule has 6 heteroatoms. The molecule has 0 saturated heterocycles. The lowest BCUT2D eigenvalue weighted by molar-refractivity contribution is 0.0600. The van der Waals surface area contributed by atoms with Crippen molar-refractivity contribution < 1.29 is 14.3 Å². The van der Waals surface area contributed by atoms with Gasteiger partial charge in [-0.3, -0.25) is 4.79 Å². The van der Waals surface area contributed by atoms with Crippen LogP contribution in [0.25, 0.3) is 0 Å². The number of amides is 1. The molecule has 1 heterocycles. The van der Waals surface area contributed by atoms with Crippen LogP contribution in [0.2, 0.25) is 0 Å². The Morgan fingerprint density at radius 2 is 2.00 bits per heavy atom. The largest absolute Gasteiger partial charge is 0.465 e. The lowest BCUT2D eigenvalue weighted by Crippen LogP contribution is -2.14. The molecule has 3 rings (SSSR count). The number of rotatable bonds is 5. The van der Waals surface area contributed by atoms with Crippen molar-refractivity contribution >= 4 is 23.3 Å². The Balaban J connectivity index is 1.67. The molecule has 0 spiro atoms. The molecule has 1 aliphatic rings. The van der Waals surface area contributed by atoms with E-state index in [4.69, 9.17) is 0 Å². The van der Waals surface area contributed by atoms with Crippen molar-refractivity contribution in [3.63, 3.8) is 0 Å². The first-order chi connectivity index (χ1) is 11.2. The maximum absolute atomic E-state index is 12.2. The molecular formula is C17H17N3O3. The van der Waals surface area contributed by atoms with E-state index >= 15 is 0 Å². The summed E-state index contributed by atoms with van der Waals surface area (Å²) in [4.78, 5) is 27.9. The van der Waals surface area contributed by atoms with Crippen LogP contribution in [0.4, 0.5) is 11.4 Å². The molecule has 1 aliphatic carbocycles. The van der Waals surface area contributed by atoms with Crippen LogP contribution in [-0.2, 0) is 4.74 Å². The van der Waals surface area contributed by atoms with E-state index in [1.165, 1.54) is 20.0 Å². The van der Waals surface area contributed by atoms with Crippen molar-refractivity contribution in [2.45, 2.75) is 18.9 Å². The fraction of sp³-hybridized carbons (Fsp3) is 0.235. The van der Waals surface area contributed by atoms with Gasteiger partial charge in [0.1, 0.15) is 5.69 Å². The topological polar surface area (TPSA) is 80.3 Å². The molecule has 1 fully saturated rings. The van der Waals surface area contributed by atoms with E-state index in [0.717, 1.165) is 5.69 Å². The third-order valence-corrected chi connectivity index (χ3v) is 3.49. The molecule has 2 N–H and O–H groups in total. The van der Waals surface area contributed by atoms with E-state index in [1.807, 2.05) is 6.07 Å². The van der Waals surface area contributed by atoms with Gasteiger partial charge in [-0.1, -0.05) is 6.07 Å². The predicted octanol–water partition coefficient (Wildman–Crippen LogP) is 2.69. The molecule has 0 atom stereocenters. The number of nitrogens with zero attached hydrogens (tertiary/aromatic N) is 1. The SMILES string of the molecule is COC(=O)c1cccc(NC(=O)c2ccc(NC3CC3)cn2)c1. The number of anilines is 2. The Morgan fingerprint density at radius 3 is 2.65 bits per heavy atom. The molecule has 6 nitrogen and oxygen atoms in total. The predicted molar refractivity (Wildman–Crippen MR) is 86.6 cm³/mol. The zero-order valence-electron chi connectivity index (χ0n) is 12.7. The smallest absolute Gasteiger partial charge is 0.337 e. The van der Waals surface area contributed by atoms with Crippen LogP contribution in [0.5, 0.6) is 0 Å². The van der Waals surface area contributed by atoms with Crippen molar-refractivity contribution in [3.8, 4) is 0 Å². The zero-order chi connectivity index (χ0) is 16.2. The molecule has 23 heavy (non-hydrogen) atoms. The average Bonchev–Trinajstić information content (AvgIpc) is 3.39. The molecule has 0 bridgehead atoms. The highest BCUT2D eigenvalue weighted by atomic mass is 16.5. The number of pyridine rings is 1. The van der Waals surface area contributed by atoms with Crippen molar-refractivity contribution in [3.05, 3.63) is 53.9 Å². The maximum Gasteiger partial charge on any atom is 0.337 e. The molecule has 0 unspecified atom stereocenters. The normalized spacial score (nSPS) is 13.3. The Bertz CT molecular complexity index is 724. The van der Waals surface area contributed by atoms with E-state index < -0.39 is 5.97 Å². The van der Waals surface area contributed by atoms with Crippen LogP contribution >= 0.6 is 0 Å². The maximum atomic E-state index is 12.2. The first kappa shape index (κ1) is 15.0. The molecule has 1 aromatic heterocycles. The Morgan fingerprint density at radius 1 is 1.17 bits per heavy atom. The second-order valence-electron chi connectivity index (χ2n) is 5.38. The third kappa shape index (κ3) is 3.85. The number of aromatic nitrogens is 1. The van der Waals surface area contributed by atoms with Crippen molar-refractivity contribution in [2.24, 2.45) is 0 Å². The highest BCUT2D eigenvalue weighted by Gasteiger charge is 2.20. The minimum atomic E-state index is -0.449. The molecule has 1 amide bonds. The van der Waals surface area contributed by atoms with Crippen LogP contribution in [0.3, 0.4) is 0 Å². The molecular weight excluding hydrogens is 294 g/mol. The number of hydrogen-bond acceptors (Lipinski definition) is 5. The van der Waals surface area contributed by atoms with Gasteiger partial charge in [0.15, 0.2) is 0 Å². The van der Waals surface area contributed by atoms with Crippen molar-refractivity contribution in [1.82, 2.24) is 4.98 Å². The van der Waals surface area contributed by atoms with E-state index in [9.17, 15) is 9.59 Å². The molecule has 1 aromatic carbocycles. The van der Waals surface area contributed by atoms with Gasteiger partial charge in [-0.05, 0) is 43.2 Å². The van der Waals surface area contributed by atoms with Gasteiger partial charge in [0, 0.05) is 11.7 Å². The minimum Gasteiger partial charge on any atom is -0.465 e. The summed E-state index contributed by atoms with van der Waals surface area (Å²) in [6.45, 7) is 0. The third-order valence-electron chi connectivity index (χ3n) is 3.49. The Labute approximate surface area is 133 Å². The van der Waals surface area contributed by atoms with Gasteiger partial charge in [0.2, 0.25) is 0 Å². The Hall–Kier alpha value is -2.89. The minimum absolute atomic E-state index is 0.315. The monoisotopic (exact) mass is 311 g/mol. The van der Waals surface area contributed by atoms with E-state index in [-0.39, 0.29) is 5.91 Å². The molecule has 1 saturated carbocycles. The van der Waals surface area contributed by atoms with Gasteiger partial charge in [-0.25, -0.2) is 9.78 Å².